The lowest BCUT2D eigenvalue weighted by atomic mass is 9.78. The average molecular weight is 300 g/mol. The normalized spacial score (nSPS) is 35.3. The van der Waals surface area contributed by atoms with E-state index in [2.05, 4.69) is 0 Å². The summed E-state index contributed by atoms with van der Waals surface area (Å²) >= 11 is 0. The van der Waals surface area contributed by atoms with Gasteiger partial charge in [-0.05, 0) is 13.0 Å². The molecule has 0 N–H and O–H groups in total. The summed E-state index contributed by atoms with van der Waals surface area (Å²) in [5.74, 6) is -2.07. The number of benzene rings is 1. The second-order valence-corrected chi connectivity index (χ2v) is 5.89. The van der Waals surface area contributed by atoms with Gasteiger partial charge in [-0.3, -0.25) is 19.7 Å². The third kappa shape index (κ3) is 1.43. The number of ether oxygens (including phenoxy) is 1. The summed E-state index contributed by atoms with van der Waals surface area (Å²) in [6, 6.07) is 5.79. The number of nitrogens with zero attached hydrogens (tertiary/aromatic N) is 2. The minimum absolute atomic E-state index is 0.0277. The fraction of sp³-hybridized carbons (Fsp3) is 0.333. The third-order valence-electron chi connectivity index (χ3n) is 4.65. The molecule has 0 radical (unpaired) electrons. The zero-order valence-electron chi connectivity index (χ0n) is 11.6. The molecule has 0 aromatic heterocycles. The van der Waals surface area contributed by atoms with Crippen LogP contribution in [0.25, 0.3) is 0 Å². The van der Waals surface area contributed by atoms with Gasteiger partial charge in [0.1, 0.15) is 5.69 Å². The quantitative estimate of drug-likeness (QED) is 0.357. The Morgan fingerprint density at radius 1 is 1.27 bits per heavy atom. The van der Waals surface area contributed by atoms with Crippen LogP contribution >= 0.6 is 0 Å². The molecular formula is C15H12N2O5. The molecule has 22 heavy (non-hydrogen) atoms. The van der Waals surface area contributed by atoms with Gasteiger partial charge in [-0.15, -0.1) is 0 Å². The van der Waals surface area contributed by atoms with Crippen LogP contribution in [0.1, 0.15) is 6.92 Å². The third-order valence-corrected chi connectivity index (χ3v) is 4.65. The summed E-state index contributed by atoms with van der Waals surface area (Å²) in [5, 5.41) is 11.2. The van der Waals surface area contributed by atoms with Crippen molar-refractivity contribution >= 4 is 23.2 Å². The standard InChI is InChI=1S/C15H12N2O5/c1-15-7-6-10(22-15)11-12(15)14(19)16(13(11)18)8-4-2-3-5-9(8)17(20)21/h2-7,10-12H,1H3/t10-,11-,12+,15+/m1/s1. The van der Waals surface area contributed by atoms with Crippen LogP contribution in [0.2, 0.25) is 0 Å². The van der Waals surface area contributed by atoms with Crippen molar-refractivity contribution in [3.05, 3.63) is 46.5 Å². The average Bonchev–Trinajstić information content (AvgIpc) is 3.08. The Labute approximate surface area is 125 Å². The molecule has 4 rings (SSSR count). The van der Waals surface area contributed by atoms with E-state index in [0.717, 1.165) is 4.90 Å². The fourth-order valence-corrected chi connectivity index (χ4v) is 3.70. The Bertz CT molecular complexity index is 758. The van der Waals surface area contributed by atoms with Gasteiger partial charge in [-0.1, -0.05) is 24.3 Å². The van der Waals surface area contributed by atoms with Crippen LogP contribution in [0.5, 0.6) is 0 Å². The van der Waals surface area contributed by atoms with Crippen LogP contribution in [0.4, 0.5) is 11.4 Å². The summed E-state index contributed by atoms with van der Waals surface area (Å²) in [4.78, 5) is 36.9. The van der Waals surface area contributed by atoms with Crippen LogP contribution in [0.15, 0.2) is 36.4 Å². The number of amides is 2. The van der Waals surface area contributed by atoms with E-state index in [1.54, 1.807) is 25.1 Å². The number of rotatable bonds is 2. The Morgan fingerprint density at radius 2 is 2.00 bits per heavy atom. The van der Waals surface area contributed by atoms with Crippen molar-refractivity contribution in [2.75, 3.05) is 4.90 Å². The van der Waals surface area contributed by atoms with Crippen LogP contribution in [-0.4, -0.2) is 28.4 Å². The molecule has 7 heteroatoms. The van der Waals surface area contributed by atoms with Crippen molar-refractivity contribution in [2.45, 2.75) is 18.6 Å². The van der Waals surface area contributed by atoms with Gasteiger partial charge >= 0.3 is 0 Å². The zero-order chi connectivity index (χ0) is 15.6. The van der Waals surface area contributed by atoms with E-state index >= 15 is 0 Å². The van der Waals surface area contributed by atoms with Gasteiger partial charge in [0.15, 0.2) is 0 Å². The highest BCUT2D eigenvalue weighted by Crippen LogP contribution is 2.52. The first kappa shape index (κ1) is 13.1. The van der Waals surface area contributed by atoms with Crippen molar-refractivity contribution in [1.82, 2.24) is 0 Å². The Hall–Kier alpha value is -2.54. The number of nitro groups is 1. The largest absolute Gasteiger partial charge is 0.362 e. The molecule has 3 aliphatic heterocycles. The number of fused-ring (bicyclic) bond motifs is 5. The van der Waals surface area contributed by atoms with E-state index in [-0.39, 0.29) is 11.4 Å². The molecule has 3 aliphatic rings. The summed E-state index contributed by atoms with van der Waals surface area (Å²) in [6.07, 6.45) is 3.15. The second-order valence-electron chi connectivity index (χ2n) is 5.89. The fourth-order valence-electron chi connectivity index (χ4n) is 3.70. The smallest absolute Gasteiger partial charge is 0.293 e. The van der Waals surface area contributed by atoms with E-state index < -0.39 is 40.3 Å². The van der Waals surface area contributed by atoms with E-state index in [9.17, 15) is 19.7 Å². The summed E-state index contributed by atoms with van der Waals surface area (Å²) in [7, 11) is 0. The summed E-state index contributed by atoms with van der Waals surface area (Å²) < 4.78 is 5.72. The highest BCUT2D eigenvalue weighted by Gasteiger charge is 2.66. The molecule has 0 unspecified atom stereocenters. The van der Waals surface area contributed by atoms with Crippen molar-refractivity contribution in [1.29, 1.82) is 0 Å². The molecule has 0 saturated carbocycles. The molecular weight excluding hydrogens is 288 g/mol. The second kappa shape index (κ2) is 4.01. The molecule has 4 atom stereocenters. The maximum absolute atomic E-state index is 12.7. The highest BCUT2D eigenvalue weighted by molar-refractivity contribution is 6.24. The molecule has 2 saturated heterocycles. The molecule has 3 heterocycles. The number of para-hydroxylation sites is 2. The predicted molar refractivity (Wildman–Crippen MR) is 75.0 cm³/mol. The predicted octanol–water partition coefficient (Wildman–Crippen LogP) is 1.43. The summed E-state index contributed by atoms with van der Waals surface area (Å²) in [5.41, 5.74) is -1.03. The summed E-state index contributed by atoms with van der Waals surface area (Å²) in [6.45, 7) is 1.77. The van der Waals surface area contributed by atoms with Gasteiger partial charge in [0, 0.05) is 6.07 Å². The molecule has 7 nitrogen and oxygen atoms in total. The minimum Gasteiger partial charge on any atom is -0.362 e. The maximum Gasteiger partial charge on any atom is 0.293 e. The molecule has 112 valence electrons. The zero-order valence-corrected chi connectivity index (χ0v) is 11.6. The van der Waals surface area contributed by atoms with Crippen molar-refractivity contribution < 1.29 is 19.2 Å². The number of carbonyl (C=O) groups excluding carboxylic acids is 2. The lowest BCUT2D eigenvalue weighted by Crippen LogP contribution is -2.38. The van der Waals surface area contributed by atoms with Crippen molar-refractivity contribution in [3.63, 3.8) is 0 Å². The monoisotopic (exact) mass is 300 g/mol. The van der Waals surface area contributed by atoms with Crippen molar-refractivity contribution in [2.24, 2.45) is 11.8 Å². The van der Waals surface area contributed by atoms with Gasteiger partial charge in [-0.2, -0.15) is 0 Å². The lowest BCUT2D eigenvalue weighted by molar-refractivity contribution is -0.384. The number of imide groups is 1. The minimum atomic E-state index is -0.805. The number of anilines is 1. The van der Waals surface area contributed by atoms with Crippen LogP contribution in [0, 0.1) is 22.0 Å². The first-order chi connectivity index (χ1) is 10.4. The van der Waals surface area contributed by atoms with E-state index in [4.69, 9.17) is 4.74 Å². The van der Waals surface area contributed by atoms with Crippen LogP contribution in [-0.2, 0) is 14.3 Å². The van der Waals surface area contributed by atoms with Crippen molar-refractivity contribution in [3.8, 4) is 0 Å². The SMILES string of the molecule is C[C@@]12C=C[C@@H](O1)[C@H]1C(=O)N(c3ccccc3[N+](=O)[O-])C(=O)[C@H]12. The molecule has 2 fully saturated rings. The first-order valence-corrected chi connectivity index (χ1v) is 6.92. The molecule has 2 bridgehead atoms. The number of hydrogen-bond donors (Lipinski definition) is 0. The maximum atomic E-state index is 12.7. The number of carbonyl (C=O) groups is 2. The van der Waals surface area contributed by atoms with E-state index in [1.807, 2.05) is 0 Å². The highest BCUT2D eigenvalue weighted by atomic mass is 16.6. The molecule has 0 aliphatic carbocycles. The van der Waals surface area contributed by atoms with Crippen LogP contribution in [0.3, 0.4) is 0 Å². The number of nitro benzene ring substituents is 1. The Kier molecular flexibility index (Phi) is 2.40. The van der Waals surface area contributed by atoms with Gasteiger partial charge in [-0.25, -0.2) is 4.90 Å². The lowest BCUT2D eigenvalue weighted by Gasteiger charge is -2.23. The number of hydrogen-bond acceptors (Lipinski definition) is 5. The van der Waals surface area contributed by atoms with Gasteiger partial charge < -0.3 is 4.74 Å². The molecule has 2 amide bonds. The van der Waals surface area contributed by atoms with E-state index in [1.165, 1.54) is 18.2 Å². The van der Waals surface area contributed by atoms with Gasteiger partial charge in [0.25, 0.3) is 5.69 Å². The topological polar surface area (TPSA) is 89.8 Å². The van der Waals surface area contributed by atoms with Gasteiger partial charge in [0.2, 0.25) is 11.8 Å². The molecule has 0 spiro atoms. The Balaban J connectivity index is 1.82. The van der Waals surface area contributed by atoms with E-state index in [0.29, 0.717) is 0 Å². The van der Waals surface area contributed by atoms with Gasteiger partial charge in [0.05, 0.1) is 28.5 Å². The van der Waals surface area contributed by atoms with Crippen LogP contribution < -0.4 is 4.90 Å². The molecule has 1 aromatic rings. The Morgan fingerprint density at radius 3 is 2.68 bits per heavy atom. The molecule has 1 aromatic carbocycles. The first-order valence-electron chi connectivity index (χ1n) is 6.92.